The van der Waals surface area contributed by atoms with Crippen LogP contribution in [0.5, 0.6) is 17.5 Å². The highest BCUT2D eigenvalue weighted by Gasteiger charge is 2.62. The number of hydrogen-bond donors (Lipinski definition) is 1. The fourth-order valence-corrected chi connectivity index (χ4v) is 10.5. The number of methoxy groups -OCH3 is 1. The normalized spacial score (nSPS) is 28.6. The quantitative estimate of drug-likeness (QED) is 0.146. The second kappa shape index (κ2) is 18.1. The van der Waals surface area contributed by atoms with Crippen molar-refractivity contribution in [3.05, 3.63) is 54.7 Å². The first-order chi connectivity index (χ1) is 31.3. The second-order valence-corrected chi connectivity index (χ2v) is 21.7. The maximum atomic E-state index is 15.2. The number of nitrogens with one attached hydrogen (secondary N) is 1. The van der Waals surface area contributed by atoms with Gasteiger partial charge in [-0.2, -0.15) is 0 Å². The fraction of sp³-hybridized carbons (Fsp3) is 0.592. The number of esters is 1. The summed E-state index contributed by atoms with van der Waals surface area (Å²) < 4.78 is 75.5. The lowest BCUT2D eigenvalue weighted by atomic mass is 9.82. The van der Waals surface area contributed by atoms with Crippen LogP contribution in [-0.2, 0) is 33.9 Å². The first-order valence-electron chi connectivity index (χ1n) is 23.9. The lowest BCUT2D eigenvalue weighted by molar-refractivity contribution is -0.160. The number of rotatable bonds is 11. The Hall–Kier alpha value is -5.05. The van der Waals surface area contributed by atoms with Gasteiger partial charge in [-0.3, -0.25) is 23.9 Å². The first-order valence-corrected chi connectivity index (χ1v) is 23.9. The molecule has 1 aromatic carbocycles. The third-order valence-electron chi connectivity index (χ3n) is 13.2. The summed E-state index contributed by atoms with van der Waals surface area (Å²) in [6, 6.07) is 9.76. The fourth-order valence-electron chi connectivity index (χ4n) is 9.16. The Morgan fingerprint density at radius 1 is 1.09 bits per heavy atom. The van der Waals surface area contributed by atoms with Crippen LogP contribution < -0.4 is 18.9 Å². The predicted octanol–water partition coefficient (Wildman–Crippen LogP) is 7.77. The highest BCUT2D eigenvalue weighted by Crippen LogP contribution is 2.58. The minimum absolute atomic E-state index is 0.000469. The number of ketones is 1. The number of carbonyl (C=O) groups is 4. The molecule has 7 atom stereocenters. The number of nitrogens with zero attached hydrogens (tertiary/aromatic N) is 3. The summed E-state index contributed by atoms with van der Waals surface area (Å²) in [5.74, 6) is -3.04. The highest BCUT2D eigenvalue weighted by atomic mass is 32.2. The van der Waals surface area contributed by atoms with Crippen molar-refractivity contribution in [2.45, 2.75) is 142 Å². The van der Waals surface area contributed by atoms with Crippen molar-refractivity contribution in [1.82, 2.24) is 19.6 Å². The molecule has 1 saturated heterocycles. The van der Waals surface area contributed by atoms with E-state index in [1.807, 2.05) is 57.2 Å². The molecule has 2 aromatic heterocycles. The Kier molecular flexibility index (Phi) is 12.1. The maximum absolute atomic E-state index is 15.2. The lowest BCUT2D eigenvalue weighted by Gasteiger charge is -2.32. The third-order valence-corrected chi connectivity index (χ3v) is 15.4. The van der Waals surface area contributed by atoms with Gasteiger partial charge in [-0.05, 0) is 133 Å². The molecule has 2 aliphatic carbocycles. The number of aromatic nitrogens is 2. The Morgan fingerprint density at radius 3 is 2.53 bits per heavy atom. The van der Waals surface area contributed by atoms with Crippen LogP contribution in [0.1, 0.15) is 117 Å². The smallest absolute Gasteiger partial charge is 0.307 e. The van der Waals surface area contributed by atoms with E-state index in [1.54, 1.807) is 32.4 Å². The summed E-state index contributed by atoms with van der Waals surface area (Å²) in [5.41, 5.74) is -2.01. The summed E-state index contributed by atoms with van der Waals surface area (Å²) in [4.78, 5) is 68.9. The molecule has 2 saturated carbocycles. The largest absolute Gasteiger partial charge is 0.497 e. The number of hydrogen-bond acceptors (Lipinski definition) is 12. The van der Waals surface area contributed by atoms with Gasteiger partial charge in [0.1, 0.15) is 17.5 Å². The van der Waals surface area contributed by atoms with Crippen molar-refractivity contribution in [3.63, 3.8) is 0 Å². The van der Waals surface area contributed by atoms with E-state index in [1.165, 1.54) is 18.7 Å². The van der Waals surface area contributed by atoms with E-state index in [-0.39, 0.29) is 43.7 Å². The van der Waals surface area contributed by atoms with Crippen molar-refractivity contribution in [2.75, 3.05) is 13.7 Å². The molecule has 2 aliphatic heterocycles. The number of allylic oxidation sites excluding steroid dienone is 2. The zero-order valence-electron chi connectivity index (χ0n) is 41.1. The Balaban J connectivity index is 1.26. The number of sulfonamides is 1. The number of Topliss-reactive ketones (excluding diaryl/α,β-unsaturated/α-hetero) is 1. The van der Waals surface area contributed by atoms with Crippen molar-refractivity contribution in [2.24, 2.45) is 29.1 Å². The summed E-state index contributed by atoms with van der Waals surface area (Å²) in [5, 5.41) is 1.37. The van der Waals surface area contributed by atoms with Gasteiger partial charge in [0.15, 0.2) is 5.78 Å². The minimum Gasteiger partial charge on any atom is -0.497 e. The van der Waals surface area contributed by atoms with Gasteiger partial charge in [0.25, 0.3) is 0 Å². The Morgan fingerprint density at radius 2 is 1.86 bits per heavy atom. The van der Waals surface area contributed by atoms with E-state index >= 15 is 4.79 Å². The molecular formula is C49H64N4O10S. The molecule has 4 heterocycles. The van der Waals surface area contributed by atoms with Gasteiger partial charge in [-0.1, -0.05) is 26.0 Å². The van der Waals surface area contributed by atoms with E-state index in [0.29, 0.717) is 54.0 Å². The van der Waals surface area contributed by atoms with Crippen LogP contribution in [0.3, 0.4) is 0 Å². The monoisotopic (exact) mass is 903 g/mol. The van der Waals surface area contributed by atoms with Crippen molar-refractivity contribution < 1.29 is 50.7 Å². The van der Waals surface area contributed by atoms with E-state index < -0.39 is 92.5 Å². The van der Waals surface area contributed by atoms with Crippen LogP contribution in [0, 0.1) is 29.1 Å². The third kappa shape index (κ3) is 10.4. The molecule has 1 N–H and O–H groups in total. The Bertz CT molecular complexity index is 2530. The number of fused-ring (bicyclic) bond motifs is 3. The van der Waals surface area contributed by atoms with E-state index in [0.717, 1.165) is 11.8 Å². The van der Waals surface area contributed by atoms with Crippen LogP contribution in [-0.4, -0.2) is 89.1 Å². The summed E-state index contributed by atoms with van der Waals surface area (Å²) >= 11 is 0. The van der Waals surface area contributed by atoms with Crippen LogP contribution >= 0.6 is 0 Å². The zero-order valence-corrected chi connectivity index (χ0v) is 39.0. The molecule has 0 radical (unpaired) electrons. The van der Waals surface area contributed by atoms with E-state index in [9.17, 15) is 22.8 Å². The molecule has 0 unspecified atom stereocenters. The highest BCUT2D eigenvalue weighted by molar-refractivity contribution is 7.91. The predicted molar refractivity (Wildman–Crippen MR) is 242 cm³/mol. The average Bonchev–Trinajstić information content (AvgIpc) is 4.13. The molecule has 15 heteroatoms. The molecule has 346 valence electrons. The van der Waals surface area contributed by atoms with Gasteiger partial charge in [0, 0.05) is 40.2 Å². The average molecular weight is 904 g/mol. The van der Waals surface area contributed by atoms with Gasteiger partial charge in [0.2, 0.25) is 33.6 Å². The summed E-state index contributed by atoms with van der Waals surface area (Å²) in [6.07, 6.45) is 6.83. The molecule has 0 bridgehead atoms. The lowest BCUT2D eigenvalue weighted by Crippen LogP contribution is -2.48. The second-order valence-electron chi connectivity index (χ2n) is 19.5. The molecule has 4 aliphatic rings. The maximum Gasteiger partial charge on any atom is 0.307 e. The van der Waals surface area contributed by atoms with Crippen LogP contribution in [0.15, 0.2) is 54.7 Å². The number of ether oxygens (including phenoxy) is 4. The number of carbonyl (C=O) groups excluding carboxylic acids is 4. The van der Waals surface area contributed by atoms with Gasteiger partial charge in [-0.25, -0.2) is 18.4 Å². The number of amides is 2. The Labute approximate surface area is 381 Å². The molecule has 3 fully saturated rings. The zero-order chi connectivity index (χ0) is 48.9. The van der Waals surface area contributed by atoms with Crippen LogP contribution in [0.2, 0.25) is 0 Å². The van der Waals surface area contributed by atoms with Gasteiger partial charge in [-0.15, -0.1) is 0 Å². The van der Waals surface area contributed by atoms with Crippen molar-refractivity contribution >= 4 is 44.4 Å². The topological polar surface area (TPSA) is 180 Å². The molecule has 64 heavy (non-hydrogen) atoms. The van der Waals surface area contributed by atoms with Crippen molar-refractivity contribution in [1.29, 1.82) is 0 Å². The molecule has 14 nitrogen and oxygen atoms in total. The summed E-state index contributed by atoms with van der Waals surface area (Å²) in [7, 11) is -2.47. The molecule has 0 spiro atoms. The minimum atomic E-state index is -4.03. The molecule has 7 rings (SSSR count). The van der Waals surface area contributed by atoms with Gasteiger partial charge in [0.05, 0.1) is 54.0 Å². The standard InChI is InChI=1S/C49H64N4O10S/c1-29(2)61-42-17-14-32(27-50-42)39-22-33-21-35(60-9)15-16-37(33)44(51-39)62-36-23-40-41(54)26-49(46(57)52-64(58,59)48(8)18-19-48)25-34(49)13-11-10-12-30(3)20-31(4)38(45(56)53(40)28-36)24-43(55)63-47(5,6)7/h11,13-17,21-22,27,29-31,34,36,38,40H,10,12,18-20,23-26,28H2,1-9H3,(H,52,57)/b13-11-/t30-,31+,34+,36+,38-,40-,49+/m0/s1/i5D3. The molecular weight excluding hydrogens is 837 g/mol. The molecule has 3 aromatic rings. The van der Waals surface area contributed by atoms with Gasteiger partial charge >= 0.3 is 5.97 Å². The molecule has 2 amide bonds. The van der Waals surface area contributed by atoms with Crippen LogP contribution in [0.25, 0.3) is 22.0 Å². The van der Waals surface area contributed by atoms with E-state index in [4.69, 9.17) is 28.0 Å². The SMILES string of the molecule is [2H]C([2H])([2H])C(C)(C)OC(=O)C[C@@H]1C(=O)N2C[C@H](Oc3nc(-c4ccc(OC(C)C)nc4)cc4cc(OC)ccc34)C[C@H]2C(=O)C[C@]2(C(=O)NS(=O)(=O)C3(C)CC3)C[C@H]2/C=C\CC[C@H](C)C[C@H]1C. The first kappa shape index (κ1) is 42.9. The van der Waals surface area contributed by atoms with Crippen LogP contribution in [0.4, 0.5) is 0 Å². The van der Waals surface area contributed by atoms with Crippen molar-refractivity contribution in [3.8, 4) is 28.8 Å². The summed E-state index contributed by atoms with van der Waals surface area (Å²) in [6.45, 7) is 9.20. The van der Waals surface area contributed by atoms with Gasteiger partial charge < -0.3 is 23.8 Å². The number of benzene rings is 1. The van der Waals surface area contributed by atoms with E-state index in [2.05, 4.69) is 16.6 Å². The number of pyridine rings is 2.